The molecule has 0 aliphatic heterocycles. The predicted octanol–water partition coefficient (Wildman–Crippen LogP) is 5.41. The Morgan fingerprint density at radius 1 is 1.08 bits per heavy atom. The van der Waals surface area contributed by atoms with E-state index in [-0.39, 0.29) is 5.57 Å². The van der Waals surface area contributed by atoms with Crippen LogP contribution in [-0.4, -0.2) is 5.91 Å². The largest absolute Gasteiger partial charge is 0.360 e. The number of anilines is 2. The molecule has 0 unspecified atom stereocenters. The van der Waals surface area contributed by atoms with Gasteiger partial charge in [-0.1, -0.05) is 40.9 Å². The van der Waals surface area contributed by atoms with E-state index in [2.05, 4.69) is 10.6 Å². The van der Waals surface area contributed by atoms with Crippen LogP contribution in [0.15, 0.2) is 48.2 Å². The number of carbonyl (C=O) groups is 1. The minimum absolute atomic E-state index is 0.120. The Kier molecular flexibility index (Phi) is 6.10. The molecular weight excluding hydrogens is 369 g/mol. The summed E-state index contributed by atoms with van der Waals surface area (Å²) in [5, 5.41) is 15.9. The number of aryl methyl sites for hydroxylation is 1. The van der Waals surface area contributed by atoms with Gasteiger partial charge >= 0.3 is 0 Å². The number of hydrogen-bond acceptors (Lipinski definition) is 3. The second-order valence-electron chi connectivity index (χ2n) is 4.85. The van der Waals surface area contributed by atoms with E-state index in [9.17, 15) is 10.1 Å². The molecule has 0 saturated heterocycles. The maximum atomic E-state index is 12.2. The molecule has 0 saturated carbocycles. The summed E-state index contributed by atoms with van der Waals surface area (Å²) in [6.45, 7) is 1.88. The number of rotatable bonds is 4. The molecule has 0 aliphatic carbocycles. The number of nitriles is 1. The highest BCUT2D eigenvalue weighted by Crippen LogP contribution is 2.26. The molecule has 2 rings (SSSR count). The quantitative estimate of drug-likeness (QED) is 0.550. The Hall–Kier alpha value is -2.19. The average molecular weight is 381 g/mol. The molecule has 2 aromatic carbocycles. The van der Waals surface area contributed by atoms with E-state index in [1.165, 1.54) is 12.3 Å². The third-order valence-electron chi connectivity index (χ3n) is 3.11. The van der Waals surface area contributed by atoms with Crippen molar-refractivity contribution >= 4 is 52.1 Å². The van der Waals surface area contributed by atoms with Gasteiger partial charge in [-0.3, -0.25) is 4.79 Å². The van der Waals surface area contributed by atoms with Gasteiger partial charge in [-0.25, -0.2) is 0 Å². The summed E-state index contributed by atoms with van der Waals surface area (Å²) in [7, 11) is 0. The van der Waals surface area contributed by atoms with Gasteiger partial charge in [-0.2, -0.15) is 5.26 Å². The summed E-state index contributed by atoms with van der Waals surface area (Å²) in [6.07, 6.45) is 1.31. The topological polar surface area (TPSA) is 64.9 Å². The summed E-state index contributed by atoms with van der Waals surface area (Å²) in [5.41, 5.74) is 1.83. The van der Waals surface area contributed by atoms with Crippen molar-refractivity contribution in [1.29, 1.82) is 5.26 Å². The van der Waals surface area contributed by atoms with Gasteiger partial charge in [0.05, 0.1) is 10.7 Å². The second-order valence-corrected chi connectivity index (χ2v) is 6.13. The first-order valence-corrected chi connectivity index (χ1v) is 7.93. The molecule has 2 N–H and O–H groups in total. The molecule has 4 nitrogen and oxygen atoms in total. The fourth-order valence-corrected chi connectivity index (χ4v) is 2.34. The molecule has 24 heavy (non-hydrogen) atoms. The van der Waals surface area contributed by atoms with Crippen molar-refractivity contribution in [2.24, 2.45) is 0 Å². The Balaban J connectivity index is 2.18. The van der Waals surface area contributed by atoms with Crippen molar-refractivity contribution in [1.82, 2.24) is 0 Å². The maximum absolute atomic E-state index is 12.2. The van der Waals surface area contributed by atoms with Crippen LogP contribution in [0.25, 0.3) is 0 Å². The highest BCUT2D eigenvalue weighted by atomic mass is 35.5. The molecule has 122 valence electrons. The van der Waals surface area contributed by atoms with Crippen molar-refractivity contribution in [3.05, 3.63) is 68.8 Å². The molecule has 0 atom stereocenters. The van der Waals surface area contributed by atoms with E-state index in [0.717, 1.165) is 5.56 Å². The lowest BCUT2D eigenvalue weighted by Gasteiger charge is -2.09. The second kappa shape index (κ2) is 8.07. The Morgan fingerprint density at radius 2 is 1.71 bits per heavy atom. The monoisotopic (exact) mass is 379 g/mol. The molecule has 0 bridgehead atoms. The number of nitrogens with one attached hydrogen (secondary N) is 2. The normalized spacial score (nSPS) is 10.9. The number of nitrogens with zero attached hydrogens (tertiary/aromatic N) is 1. The molecule has 0 aliphatic rings. The van der Waals surface area contributed by atoms with Crippen LogP contribution in [0.4, 0.5) is 11.4 Å². The molecule has 0 heterocycles. The molecule has 1 amide bonds. The van der Waals surface area contributed by atoms with Crippen molar-refractivity contribution in [3.63, 3.8) is 0 Å². The van der Waals surface area contributed by atoms with Crippen molar-refractivity contribution in [2.45, 2.75) is 6.92 Å². The summed E-state index contributed by atoms with van der Waals surface area (Å²) in [5.74, 6) is -0.603. The minimum Gasteiger partial charge on any atom is -0.360 e. The van der Waals surface area contributed by atoms with Gasteiger partial charge in [0.15, 0.2) is 0 Å². The number of halogens is 3. The Morgan fingerprint density at radius 3 is 2.38 bits per heavy atom. The Labute approximate surface area is 154 Å². The molecule has 0 fully saturated rings. The third kappa shape index (κ3) is 4.65. The SMILES string of the molecule is Cc1ccc(Cl)cc1N/C=C(/C#N)C(=O)Nc1cc(Cl)ccc1Cl. The van der Waals surface area contributed by atoms with Crippen molar-refractivity contribution in [2.75, 3.05) is 10.6 Å². The van der Waals surface area contributed by atoms with Crippen LogP contribution in [0, 0.1) is 18.3 Å². The molecule has 7 heteroatoms. The van der Waals surface area contributed by atoms with Gasteiger partial charge in [0.2, 0.25) is 0 Å². The van der Waals surface area contributed by atoms with Gasteiger partial charge in [-0.15, -0.1) is 0 Å². The first-order chi connectivity index (χ1) is 11.4. The summed E-state index contributed by atoms with van der Waals surface area (Å²) < 4.78 is 0. The lowest BCUT2D eigenvalue weighted by Crippen LogP contribution is -2.15. The predicted molar refractivity (Wildman–Crippen MR) is 98.6 cm³/mol. The summed E-state index contributed by atoms with van der Waals surface area (Å²) in [4.78, 5) is 12.2. The zero-order chi connectivity index (χ0) is 17.7. The van der Waals surface area contributed by atoms with Gasteiger partial charge in [0.25, 0.3) is 5.91 Å². The molecule has 0 aromatic heterocycles. The van der Waals surface area contributed by atoms with Gasteiger partial charge in [0, 0.05) is 21.9 Å². The summed E-state index contributed by atoms with van der Waals surface area (Å²) >= 11 is 17.8. The van der Waals surface area contributed by atoms with E-state index in [0.29, 0.717) is 26.4 Å². The smallest absolute Gasteiger partial charge is 0.267 e. The third-order valence-corrected chi connectivity index (χ3v) is 3.91. The van der Waals surface area contributed by atoms with E-state index in [4.69, 9.17) is 34.8 Å². The van der Waals surface area contributed by atoms with Crippen LogP contribution in [0.2, 0.25) is 15.1 Å². The van der Waals surface area contributed by atoms with E-state index < -0.39 is 5.91 Å². The number of benzene rings is 2. The first-order valence-electron chi connectivity index (χ1n) is 6.80. The zero-order valence-electron chi connectivity index (χ0n) is 12.5. The fourth-order valence-electron chi connectivity index (χ4n) is 1.83. The first kappa shape index (κ1) is 18.2. The number of carbonyl (C=O) groups excluding carboxylic acids is 1. The molecule has 0 spiro atoms. The standard InChI is InChI=1S/C17H12Cl3N3O/c1-10-2-3-12(18)6-15(10)22-9-11(8-21)17(24)23-16-7-13(19)4-5-14(16)20/h2-7,9,22H,1H3,(H,23,24)/b11-9-. The van der Waals surface area contributed by atoms with Crippen LogP contribution >= 0.6 is 34.8 Å². The van der Waals surface area contributed by atoms with Crippen LogP contribution in [0.1, 0.15) is 5.56 Å². The fraction of sp³-hybridized carbons (Fsp3) is 0.0588. The van der Waals surface area contributed by atoms with Gasteiger partial charge in [-0.05, 0) is 42.8 Å². The summed E-state index contributed by atoms with van der Waals surface area (Å²) in [6, 6.07) is 11.8. The Bertz CT molecular complexity index is 857. The van der Waals surface area contributed by atoms with Gasteiger partial charge in [0.1, 0.15) is 11.6 Å². The van der Waals surface area contributed by atoms with Crippen LogP contribution in [0.5, 0.6) is 0 Å². The zero-order valence-corrected chi connectivity index (χ0v) is 14.8. The highest BCUT2D eigenvalue weighted by Gasteiger charge is 2.12. The number of amides is 1. The minimum atomic E-state index is -0.603. The molecule has 2 aromatic rings. The highest BCUT2D eigenvalue weighted by molar-refractivity contribution is 6.36. The number of hydrogen-bond donors (Lipinski definition) is 2. The van der Waals surface area contributed by atoms with E-state index >= 15 is 0 Å². The van der Waals surface area contributed by atoms with Crippen LogP contribution in [0.3, 0.4) is 0 Å². The van der Waals surface area contributed by atoms with E-state index in [1.54, 1.807) is 24.3 Å². The molecular formula is C17H12Cl3N3O. The van der Waals surface area contributed by atoms with Crippen molar-refractivity contribution < 1.29 is 4.79 Å². The van der Waals surface area contributed by atoms with Crippen LogP contribution < -0.4 is 10.6 Å². The van der Waals surface area contributed by atoms with E-state index in [1.807, 2.05) is 19.1 Å². The lowest BCUT2D eigenvalue weighted by molar-refractivity contribution is -0.112. The maximum Gasteiger partial charge on any atom is 0.267 e. The molecule has 0 radical (unpaired) electrons. The lowest BCUT2D eigenvalue weighted by atomic mass is 10.2. The average Bonchev–Trinajstić information content (AvgIpc) is 2.54. The van der Waals surface area contributed by atoms with Crippen LogP contribution in [-0.2, 0) is 4.79 Å². The van der Waals surface area contributed by atoms with Gasteiger partial charge < -0.3 is 10.6 Å². The van der Waals surface area contributed by atoms with Crippen molar-refractivity contribution in [3.8, 4) is 6.07 Å².